The number of nitriles is 1. The van der Waals surface area contributed by atoms with Crippen LogP contribution in [0.25, 0.3) is 16.9 Å². The average Bonchev–Trinajstić information content (AvgIpc) is 2.86. The molecule has 0 fully saturated rings. The van der Waals surface area contributed by atoms with Crippen LogP contribution in [0.5, 0.6) is 0 Å². The largest absolute Gasteiger partial charge is 0.417 e. The fourth-order valence-electron chi connectivity index (χ4n) is 2.24. The average molecular weight is 302 g/mol. The van der Waals surface area contributed by atoms with Crippen molar-refractivity contribution in [1.29, 1.82) is 5.26 Å². The van der Waals surface area contributed by atoms with Crippen molar-refractivity contribution in [2.45, 2.75) is 12.6 Å². The third-order valence-corrected chi connectivity index (χ3v) is 3.23. The molecule has 0 aliphatic carbocycles. The molecule has 0 aliphatic rings. The van der Waals surface area contributed by atoms with Crippen molar-refractivity contribution in [2.24, 2.45) is 0 Å². The van der Waals surface area contributed by atoms with Crippen LogP contribution in [-0.4, -0.2) is 14.4 Å². The maximum Gasteiger partial charge on any atom is 0.417 e. The molecule has 3 aromatic heterocycles. The lowest BCUT2D eigenvalue weighted by molar-refractivity contribution is -0.137. The van der Waals surface area contributed by atoms with Gasteiger partial charge in [0.25, 0.3) is 0 Å². The van der Waals surface area contributed by atoms with Crippen LogP contribution in [0.15, 0.2) is 42.9 Å². The summed E-state index contributed by atoms with van der Waals surface area (Å²) in [7, 11) is 0. The topological polar surface area (TPSA) is 54.0 Å². The molecule has 0 unspecified atom stereocenters. The van der Waals surface area contributed by atoms with E-state index in [-0.39, 0.29) is 6.42 Å². The van der Waals surface area contributed by atoms with Gasteiger partial charge in [-0.3, -0.25) is 4.98 Å². The molecule has 3 aromatic rings. The lowest BCUT2D eigenvalue weighted by Gasteiger charge is -2.07. The zero-order chi connectivity index (χ0) is 15.7. The number of aromatic nitrogens is 3. The van der Waals surface area contributed by atoms with Crippen LogP contribution >= 0.6 is 0 Å². The van der Waals surface area contributed by atoms with Gasteiger partial charge in [0, 0.05) is 24.2 Å². The highest BCUT2D eigenvalue weighted by atomic mass is 19.4. The summed E-state index contributed by atoms with van der Waals surface area (Å²) in [6.07, 6.45) is -0.378. The standard InChI is InChI=1S/C15H9F3N4/c16-15(17,18)11-3-4-13-21-14(10-2-1-7-20-8-10)12(5-6-19)22(13)9-11/h1-4,7-9H,5H2. The maximum atomic E-state index is 12.9. The van der Waals surface area contributed by atoms with Crippen LogP contribution in [0.3, 0.4) is 0 Å². The van der Waals surface area contributed by atoms with E-state index in [1.54, 1.807) is 24.5 Å². The van der Waals surface area contributed by atoms with Crippen LogP contribution < -0.4 is 0 Å². The molecule has 0 radical (unpaired) electrons. The number of fused-ring (bicyclic) bond motifs is 1. The molecule has 0 N–H and O–H groups in total. The highest BCUT2D eigenvalue weighted by Crippen LogP contribution is 2.31. The number of nitrogens with zero attached hydrogens (tertiary/aromatic N) is 4. The van der Waals surface area contributed by atoms with E-state index in [1.165, 1.54) is 10.5 Å². The van der Waals surface area contributed by atoms with Crippen molar-refractivity contribution in [3.05, 3.63) is 54.1 Å². The molecule has 0 saturated carbocycles. The van der Waals surface area contributed by atoms with Crippen LogP contribution in [0.4, 0.5) is 13.2 Å². The molecule has 4 nitrogen and oxygen atoms in total. The third-order valence-electron chi connectivity index (χ3n) is 3.23. The van der Waals surface area contributed by atoms with E-state index in [0.29, 0.717) is 22.6 Å². The first-order valence-electron chi connectivity index (χ1n) is 6.36. The van der Waals surface area contributed by atoms with Gasteiger partial charge in [-0.15, -0.1) is 0 Å². The first kappa shape index (κ1) is 14.1. The number of alkyl halides is 3. The number of halogens is 3. The second-order valence-electron chi connectivity index (χ2n) is 4.63. The monoisotopic (exact) mass is 302 g/mol. The van der Waals surface area contributed by atoms with E-state index < -0.39 is 11.7 Å². The molecular formula is C15H9F3N4. The van der Waals surface area contributed by atoms with Crippen LogP contribution in [0.2, 0.25) is 0 Å². The van der Waals surface area contributed by atoms with Gasteiger partial charge in [-0.05, 0) is 24.3 Å². The van der Waals surface area contributed by atoms with Gasteiger partial charge in [0.1, 0.15) is 5.65 Å². The van der Waals surface area contributed by atoms with Crippen LogP contribution in [0, 0.1) is 11.3 Å². The Morgan fingerprint density at radius 2 is 2.05 bits per heavy atom. The zero-order valence-electron chi connectivity index (χ0n) is 11.2. The Morgan fingerprint density at radius 3 is 2.68 bits per heavy atom. The van der Waals surface area contributed by atoms with Gasteiger partial charge in [0.05, 0.1) is 29.4 Å². The molecule has 0 aromatic carbocycles. The summed E-state index contributed by atoms with van der Waals surface area (Å²) in [6.45, 7) is 0. The number of pyridine rings is 2. The Balaban J connectivity index is 2.26. The first-order chi connectivity index (χ1) is 10.5. The van der Waals surface area contributed by atoms with Crippen molar-refractivity contribution < 1.29 is 13.2 Å². The Bertz CT molecular complexity index is 860. The summed E-state index contributed by atoms with van der Waals surface area (Å²) in [5, 5.41) is 8.97. The fraction of sp³-hybridized carbons (Fsp3) is 0.133. The van der Waals surface area contributed by atoms with Gasteiger partial charge in [0.15, 0.2) is 0 Å². The fourth-order valence-corrected chi connectivity index (χ4v) is 2.24. The van der Waals surface area contributed by atoms with Gasteiger partial charge in [-0.1, -0.05) is 0 Å². The van der Waals surface area contributed by atoms with E-state index in [2.05, 4.69) is 9.97 Å². The van der Waals surface area contributed by atoms with Crippen molar-refractivity contribution in [3.8, 4) is 17.3 Å². The molecular weight excluding hydrogens is 293 g/mol. The van der Waals surface area contributed by atoms with Crippen molar-refractivity contribution in [3.63, 3.8) is 0 Å². The van der Waals surface area contributed by atoms with E-state index in [0.717, 1.165) is 12.3 Å². The van der Waals surface area contributed by atoms with Crippen molar-refractivity contribution in [1.82, 2.24) is 14.4 Å². The minimum atomic E-state index is -4.45. The lowest BCUT2D eigenvalue weighted by atomic mass is 10.1. The number of hydrogen-bond acceptors (Lipinski definition) is 3. The van der Waals surface area contributed by atoms with Crippen molar-refractivity contribution in [2.75, 3.05) is 0 Å². The van der Waals surface area contributed by atoms with Gasteiger partial charge in [0.2, 0.25) is 0 Å². The molecule has 0 atom stereocenters. The molecule has 22 heavy (non-hydrogen) atoms. The van der Waals surface area contributed by atoms with Gasteiger partial charge < -0.3 is 4.40 Å². The Kier molecular flexibility index (Phi) is 3.29. The van der Waals surface area contributed by atoms with Crippen LogP contribution in [0.1, 0.15) is 11.3 Å². The number of rotatable bonds is 2. The lowest BCUT2D eigenvalue weighted by Crippen LogP contribution is -2.07. The minimum Gasteiger partial charge on any atom is -0.302 e. The SMILES string of the molecule is N#CCc1c(-c2cccnc2)nc2ccc(C(F)(F)F)cn12. The summed E-state index contributed by atoms with van der Waals surface area (Å²) in [5.41, 5.74) is 1.11. The molecule has 7 heteroatoms. The summed E-state index contributed by atoms with van der Waals surface area (Å²) in [5.74, 6) is 0. The molecule has 3 heterocycles. The predicted octanol–water partition coefficient (Wildman–Crippen LogP) is 3.48. The zero-order valence-corrected chi connectivity index (χ0v) is 11.2. The summed E-state index contributed by atoms with van der Waals surface area (Å²) >= 11 is 0. The summed E-state index contributed by atoms with van der Waals surface area (Å²) in [4.78, 5) is 8.31. The van der Waals surface area contributed by atoms with Gasteiger partial charge >= 0.3 is 6.18 Å². The van der Waals surface area contributed by atoms with E-state index >= 15 is 0 Å². The van der Waals surface area contributed by atoms with Gasteiger partial charge in [-0.25, -0.2) is 4.98 Å². The molecule has 0 saturated heterocycles. The molecule has 0 amide bonds. The number of hydrogen-bond donors (Lipinski definition) is 0. The van der Waals surface area contributed by atoms with E-state index in [4.69, 9.17) is 5.26 Å². The highest BCUT2D eigenvalue weighted by Gasteiger charge is 2.31. The summed E-state index contributed by atoms with van der Waals surface area (Å²) < 4.78 is 39.9. The Hall–Kier alpha value is -2.88. The molecule has 3 rings (SSSR count). The van der Waals surface area contributed by atoms with Gasteiger partial charge in [-0.2, -0.15) is 18.4 Å². The molecule has 0 bridgehead atoms. The smallest absolute Gasteiger partial charge is 0.302 e. The normalized spacial score (nSPS) is 11.5. The summed E-state index contributed by atoms with van der Waals surface area (Å²) in [6, 6.07) is 7.70. The van der Waals surface area contributed by atoms with Crippen molar-refractivity contribution >= 4 is 5.65 Å². The second-order valence-corrected chi connectivity index (χ2v) is 4.63. The Morgan fingerprint density at radius 1 is 1.23 bits per heavy atom. The quantitative estimate of drug-likeness (QED) is 0.728. The number of imidazole rings is 1. The van der Waals surface area contributed by atoms with Crippen LogP contribution in [-0.2, 0) is 12.6 Å². The third kappa shape index (κ3) is 2.39. The first-order valence-corrected chi connectivity index (χ1v) is 6.36. The second kappa shape index (κ2) is 5.15. The molecule has 0 aliphatic heterocycles. The highest BCUT2D eigenvalue weighted by molar-refractivity contribution is 5.66. The predicted molar refractivity (Wildman–Crippen MR) is 72.7 cm³/mol. The van der Waals surface area contributed by atoms with E-state index in [1.807, 2.05) is 6.07 Å². The Labute approximate surface area is 123 Å². The maximum absolute atomic E-state index is 12.9. The molecule has 0 spiro atoms. The minimum absolute atomic E-state index is 0.0489. The van der Waals surface area contributed by atoms with E-state index in [9.17, 15) is 13.2 Å². The molecule has 110 valence electrons.